The topological polar surface area (TPSA) is 93.7 Å². The van der Waals surface area contributed by atoms with Crippen molar-refractivity contribution in [1.82, 2.24) is 19.7 Å². The van der Waals surface area contributed by atoms with E-state index >= 15 is 0 Å². The van der Waals surface area contributed by atoms with E-state index in [1.54, 1.807) is 12.3 Å². The van der Waals surface area contributed by atoms with Gasteiger partial charge in [-0.15, -0.1) is 0 Å². The van der Waals surface area contributed by atoms with Gasteiger partial charge < -0.3 is 10.7 Å². The van der Waals surface area contributed by atoms with E-state index in [2.05, 4.69) is 25.8 Å². The highest BCUT2D eigenvalue weighted by Gasteiger charge is 2.03. The fourth-order valence-electron chi connectivity index (χ4n) is 1.58. The molecule has 0 aliphatic rings. The lowest BCUT2D eigenvalue weighted by Gasteiger charge is -2.09. The zero-order valence-corrected chi connectivity index (χ0v) is 10.5. The molecule has 2 heterocycles. The standard InChI is InChI=1S/C11H17N7/c1-3-9-15-10(6-11(16-9)17-12)13-7-8-4-5-14-18(8)2/h4-6H,3,7,12H2,1-2H3,(H2,13,15,16,17). The van der Waals surface area contributed by atoms with Crippen LogP contribution in [0.5, 0.6) is 0 Å². The van der Waals surface area contributed by atoms with Crippen molar-refractivity contribution in [2.75, 3.05) is 10.7 Å². The number of nitrogen functional groups attached to an aromatic ring is 1. The molecule has 0 bridgehead atoms. The van der Waals surface area contributed by atoms with E-state index in [-0.39, 0.29) is 0 Å². The summed E-state index contributed by atoms with van der Waals surface area (Å²) in [6.45, 7) is 2.65. The van der Waals surface area contributed by atoms with E-state index < -0.39 is 0 Å². The van der Waals surface area contributed by atoms with Gasteiger partial charge in [-0.1, -0.05) is 6.92 Å². The predicted molar refractivity (Wildman–Crippen MR) is 69.8 cm³/mol. The van der Waals surface area contributed by atoms with Crippen molar-refractivity contribution < 1.29 is 0 Å². The van der Waals surface area contributed by atoms with Crippen molar-refractivity contribution in [2.24, 2.45) is 12.9 Å². The summed E-state index contributed by atoms with van der Waals surface area (Å²) in [6, 6.07) is 3.73. The fourth-order valence-corrected chi connectivity index (χ4v) is 1.58. The number of hydrogen-bond donors (Lipinski definition) is 3. The first-order valence-electron chi connectivity index (χ1n) is 5.78. The van der Waals surface area contributed by atoms with E-state index in [4.69, 9.17) is 5.84 Å². The van der Waals surface area contributed by atoms with Crippen LogP contribution in [0, 0.1) is 0 Å². The molecule has 0 unspecified atom stereocenters. The molecule has 0 atom stereocenters. The highest BCUT2D eigenvalue weighted by Crippen LogP contribution is 2.12. The molecular formula is C11H17N7. The zero-order valence-electron chi connectivity index (χ0n) is 10.5. The van der Waals surface area contributed by atoms with Crippen LogP contribution in [0.4, 0.5) is 11.6 Å². The first-order valence-corrected chi connectivity index (χ1v) is 5.78. The van der Waals surface area contributed by atoms with Crippen molar-refractivity contribution in [1.29, 1.82) is 0 Å². The normalized spacial score (nSPS) is 10.4. The number of rotatable bonds is 5. The maximum absolute atomic E-state index is 5.37. The van der Waals surface area contributed by atoms with Crippen LogP contribution in [-0.2, 0) is 20.0 Å². The van der Waals surface area contributed by atoms with Crippen molar-refractivity contribution in [3.63, 3.8) is 0 Å². The molecule has 0 saturated heterocycles. The van der Waals surface area contributed by atoms with Gasteiger partial charge in [0.2, 0.25) is 0 Å². The van der Waals surface area contributed by atoms with Crippen molar-refractivity contribution in [3.05, 3.63) is 29.8 Å². The van der Waals surface area contributed by atoms with Crippen LogP contribution in [0.15, 0.2) is 18.3 Å². The molecule has 0 aliphatic heterocycles. The Morgan fingerprint density at radius 2 is 2.11 bits per heavy atom. The van der Waals surface area contributed by atoms with E-state index in [1.807, 2.05) is 24.7 Å². The van der Waals surface area contributed by atoms with E-state index in [0.717, 1.165) is 23.8 Å². The smallest absolute Gasteiger partial charge is 0.145 e. The Morgan fingerprint density at radius 1 is 1.33 bits per heavy atom. The summed E-state index contributed by atoms with van der Waals surface area (Å²) in [5, 5.41) is 7.34. The number of hydrazine groups is 1. The Labute approximate surface area is 105 Å². The molecular weight excluding hydrogens is 230 g/mol. The van der Waals surface area contributed by atoms with Crippen LogP contribution < -0.4 is 16.6 Å². The Kier molecular flexibility index (Phi) is 3.73. The molecule has 96 valence electrons. The van der Waals surface area contributed by atoms with Crippen molar-refractivity contribution >= 4 is 11.6 Å². The molecule has 2 aromatic rings. The number of nitrogens with one attached hydrogen (secondary N) is 2. The SMILES string of the molecule is CCc1nc(NN)cc(NCc2ccnn2C)n1. The Morgan fingerprint density at radius 3 is 2.72 bits per heavy atom. The van der Waals surface area contributed by atoms with Gasteiger partial charge in [-0.2, -0.15) is 5.10 Å². The Bertz CT molecular complexity index is 498. The molecule has 2 aromatic heterocycles. The van der Waals surface area contributed by atoms with Gasteiger partial charge in [-0.25, -0.2) is 15.8 Å². The van der Waals surface area contributed by atoms with Crippen molar-refractivity contribution in [2.45, 2.75) is 19.9 Å². The van der Waals surface area contributed by atoms with Gasteiger partial charge in [0, 0.05) is 25.7 Å². The average Bonchev–Trinajstić information content (AvgIpc) is 2.81. The highest BCUT2D eigenvalue weighted by atomic mass is 15.3. The second kappa shape index (κ2) is 5.46. The number of aromatic nitrogens is 4. The van der Waals surface area contributed by atoms with Gasteiger partial charge in [-0.05, 0) is 6.07 Å². The average molecular weight is 247 g/mol. The maximum atomic E-state index is 5.37. The summed E-state index contributed by atoms with van der Waals surface area (Å²) in [5.41, 5.74) is 3.62. The van der Waals surface area contributed by atoms with Gasteiger partial charge in [0.15, 0.2) is 0 Å². The van der Waals surface area contributed by atoms with Crippen LogP contribution >= 0.6 is 0 Å². The van der Waals surface area contributed by atoms with Crippen molar-refractivity contribution in [3.8, 4) is 0 Å². The van der Waals surface area contributed by atoms with Crippen LogP contribution in [0.25, 0.3) is 0 Å². The lowest BCUT2D eigenvalue weighted by Crippen LogP contribution is -2.12. The number of hydrogen-bond acceptors (Lipinski definition) is 6. The number of aryl methyl sites for hydroxylation is 2. The summed E-state index contributed by atoms with van der Waals surface area (Å²) in [6.07, 6.45) is 2.53. The zero-order chi connectivity index (χ0) is 13.0. The minimum Gasteiger partial charge on any atom is -0.364 e. The molecule has 7 nitrogen and oxygen atoms in total. The summed E-state index contributed by atoms with van der Waals surface area (Å²) >= 11 is 0. The summed E-state index contributed by atoms with van der Waals surface area (Å²) in [4.78, 5) is 8.61. The molecule has 0 aromatic carbocycles. The van der Waals surface area contributed by atoms with E-state index in [1.165, 1.54) is 0 Å². The van der Waals surface area contributed by atoms with Crippen LogP contribution in [0.1, 0.15) is 18.4 Å². The third-order valence-electron chi connectivity index (χ3n) is 2.61. The third-order valence-corrected chi connectivity index (χ3v) is 2.61. The molecule has 7 heteroatoms. The fraction of sp³-hybridized carbons (Fsp3) is 0.364. The molecule has 18 heavy (non-hydrogen) atoms. The van der Waals surface area contributed by atoms with E-state index in [9.17, 15) is 0 Å². The van der Waals surface area contributed by atoms with Gasteiger partial charge in [0.05, 0.1) is 12.2 Å². The largest absolute Gasteiger partial charge is 0.364 e. The molecule has 0 spiro atoms. The molecule has 0 saturated carbocycles. The molecule has 0 amide bonds. The molecule has 2 rings (SSSR count). The molecule has 0 radical (unpaired) electrons. The van der Waals surface area contributed by atoms with Gasteiger partial charge in [0.25, 0.3) is 0 Å². The summed E-state index contributed by atoms with van der Waals surface area (Å²) < 4.78 is 1.82. The maximum Gasteiger partial charge on any atom is 0.145 e. The van der Waals surface area contributed by atoms with Gasteiger partial charge in [-0.3, -0.25) is 4.68 Å². The van der Waals surface area contributed by atoms with Crippen LogP contribution in [0.3, 0.4) is 0 Å². The minimum absolute atomic E-state index is 0.606. The van der Waals surface area contributed by atoms with Crippen LogP contribution in [-0.4, -0.2) is 19.7 Å². The van der Waals surface area contributed by atoms with E-state index in [0.29, 0.717) is 12.4 Å². The molecule has 0 aliphatic carbocycles. The minimum atomic E-state index is 0.606. The summed E-state index contributed by atoms with van der Waals surface area (Å²) in [5.74, 6) is 7.48. The lowest BCUT2D eigenvalue weighted by molar-refractivity contribution is 0.719. The van der Waals surface area contributed by atoms with Gasteiger partial charge in [0.1, 0.15) is 17.5 Å². The molecule has 4 N–H and O–H groups in total. The number of nitrogens with two attached hydrogens (primary N) is 1. The first-order chi connectivity index (χ1) is 8.72. The second-order valence-corrected chi connectivity index (χ2v) is 3.85. The Hall–Kier alpha value is -2.15. The number of anilines is 2. The second-order valence-electron chi connectivity index (χ2n) is 3.85. The molecule has 0 fully saturated rings. The quantitative estimate of drug-likeness (QED) is 0.531. The first kappa shape index (κ1) is 12.3. The highest BCUT2D eigenvalue weighted by molar-refractivity contribution is 5.47. The summed E-state index contributed by atoms with van der Waals surface area (Å²) in [7, 11) is 1.90. The third kappa shape index (κ3) is 2.75. The predicted octanol–water partition coefficient (Wildman–Crippen LogP) is 0.670. The van der Waals surface area contributed by atoms with Crippen LogP contribution in [0.2, 0.25) is 0 Å². The lowest BCUT2D eigenvalue weighted by atomic mass is 10.4. The monoisotopic (exact) mass is 247 g/mol. The Balaban J connectivity index is 2.11. The number of nitrogens with zero attached hydrogens (tertiary/aromatic N) is 4. The van der Waals surface area contributed by atoms with Gasteiger partial charge >= 0.3 is 0 Å².